The molecule has 6 heteroatoms. The van der Waals surface area contributed by atoms with E-state index >= 15 is 0 Å². The first-order valence-corrected chi connectivity index (χ1v) is 8.47. The van der Waals surface area contributed by atoms with Crippen molar-refractivity contribution in [2.24, 2.45) is 5.92 Å². The lowest BCUT2D eigenvalue weighted by Gasteiger charge is -2.31. The van der Waals surface area contributed by atoms with Gasteiger partial charge in [0.05, 0.1) is 16.0 Å². The standard InChI is InChI=1S/C17H22Cl2N2O2/c1-17(2,3)21-10-12(9-14(21)22)16(23)20-8-7-11-5-4-6-13(18)15(11)19/h4-6,12H,7-10H2,1-3H3,(H,20,23)/t12-/m1/s1. The van der Waals surface area contributed by atoms with Gasteiger partial charge in [-0.15, -0.1) is 0 Å². The van der Waals surface area contributed by atoms with Gasteiger partial charge in [0.1, 0.15) is 0 Å². The Hall–Kier alpha value is -1.26. The molecule has 0 saturated carbocycles. The number of carbonyl (C=O) groups is 2. The highest BCUT2D eigenvalue weighted by molar-refractivity contribution is 6.42. The summed E-state index contributed by atoms with van der Waals surface area (Å²) in [6.45, 7) is 6.89. The fourth-order valence-corrected chi connectivity index (χ4v) is 3.15. The molecule has 2 rings (SSSR count). The van der Waals surface area contributed by atoms with Gasteiger partial charge in [0.25, 0.3) is 0 Å². The molecule has 4 nitrogen and oxygen atoms in total. The fourth-order valence-electron chi connectivity index (χ4n) is 2.74. The van der Waals surface area contributed by atoms with Gasteiger partial charge in [0.15, 0.2) is 0 Å². The maximum absolute atomic E-state index is 12.3. The van der Waals surface area contributed by atoms with Crippen molar-refractivity contribution in [3.05, 3.63) is 33.8 Å². The van der Waals surface area contributed by atoms with Crippen LogP contribution in [0.1, 0.15) is 32.8 Å². The number of carbonyl (C=O) groups excluding carboxylic acids is 2. The highest BCUT2D eigenvalue weighted by atomic mass is 35.5. The predicted molar refractivity (Wildman–Crippen MR) is 92.7 cm³/mol. The van der Waals surface area contributed by atoms with Crippen LogP contribution in [-0.4, -0.2) is 35.3 Å². The Bertz CT molecular complexity index is 611. The molecule has 1 saturated heterocycles. The van der Waals surface area contributed by atoms with E-state index in [9.17, 15) is 9.59 Å². The van der Waals surface area contributed by atoms with Crippen LogP contribution in [0.4, 0.5) is 0 Å². The van der Waals surface area contributed by atoms with E-state index in [1.807, 2.05) is 32.9 Å². The molecule has 2 amide bonds. The topological polar surface area (TPSA) is 49.4 Å². The van der Waals surface area contributed by atoms with Crippen LogP contribution >= 0.6 is 23.2 Å². The maximum atomic E-state index is 12.3. The quantitative estimate of drug-likeness (QED) is 0.899. The Labute approximate surface area is 147 Å². The number of hydrogen-bond donors (Lipinski definition) is 1. The molecule has 1 heterocycles. The van der Waals surface area contributed by atoms with Crippen molar-refractivity contribution in [3.63, 3.8) is 0 Å². The minimum Gasteiger partial charge on any atom is -0.355 e. The molecule has 0 aromatic heterocycles. The molecule has 1 aromatic rings. The van der Waals surface area contributed by atoms with E-state index < -0.39 is 0 Å². The Balaban J connectivity index is 1.86. The lowest BCUT2D eigenvalue weighted by molar-refractivity contribution is -0.132. The summed E-state index contributed by atoms with van der Waals surface area (Å²) in [7, 11) is 0. The number of benzene rings is 1. The van der Waals surface area contributed by atoms with Crippen LogP contribution in [0.5, 0.6) is 0 Å². The van der Waals surface area contributed by atoms with Crippen LogP contribution < -0.4 is 5.32 Å². The summed E-state index contributed by atoms with van der Waals surface area (Å²) in [6, 6.07) is 5.46. The van der Waals surface area contributed by atoms with Gasteiger partial charge < -0.3 is 10.2 Å². The highest BCUT2D eigenvalue weighted by Crippen LogP contribution is 2.27. The molecule has 1 N–H and O–H groups in total. The molecule has 0 aliphatic carbocycles. The van der Waals surface area contributed by atoms with Crippen molar-refractivity contribution < 1.29 is 9.59 Å². The molecule has 1 aromatic carbocycles. The van der Waals surface area contributed by atoms with Crippen molar-refractivity contribution in [1.29, 1.82) is 0 Å². The van der Waals surface area contributed by atoms with Crippen LogP contribution in [0.3, 0.4) is 0 Å². The summed E-state index contributed by atoms with van der Waals surface area (Å²) in [4.78, 5) is 26.1. The average Bonchev–Trinajstić information content (AvgIpc) is 2.85. The second-order valence-electron chi connectivity index (χ2n) is 6.83. The summed E-state index contributed by atoms with van der Waals surface area (Å²) >= 11 is 12.1. The van der Waals surface area contributed by atoms with E-state index in [4.69, 9.17) is 23.2 Å². The Morgan fingerprint density at radius 3 is 2.65 bits per heavy atom. The van der Waals surface area contributed by atoms with Gasteiger partial charge in [-0.1, -0.05) is 35.3 Å². The van der Waals surface area contributed by atoms with Crippen LogP contribution in [0.15, 0.2) is 18.2 Å². The monoisotopic (exact) mass is 356 g/mol. The Morgan fingerprint density at radius 1 is 1.35 bits per heavy atom. The Kier molecular flexibility index (Phi) is 5.58. The van der Waals surface area contributed by atoms with Crippen LogP contribution in [-0.2, 0) is 16.0 Å². The number of hydrogen-bond acceptors (Lipinski definition) is 2. The normalized spacial score (nSPS) is 18.4. The number of amides is 2. The Morgan fingerprint density at radius 2 is 2.04 bits per heavy atom. The zero-order chi connectivity index (χ0) is 17.2. The van der Waals surface area contributed by atoms with Gasteiger partial charge in [-0.05, 0) is 38.8 Å². The second kappa shape index (κ2) is 7.10. The lowest BCUT2D eigenvalue weighted by atomic mass is 10.1. The van der Waals surface area contributed by atoms with Gasteiger partial charge in [-0.2, -0.15) is 0 Å². The number of rotatable bonds is 4. The zero-order valence-electron chi connectivity index (χ0n) is 13.7. The third kappa shape index (κ3) is 4.39. The van der Waals surface area contributed by atoms with Crippen molar-refractivity contribution in [2.75, 3.05) is 13.1 Å². The average molecular weight is 357 g/mol. The van der Waals surface area contributed by atoms with Crippen LogP contribution in [0, 0.1) is 5.92 Å². The van der Waals surface area contributed by atoms with Gasteiger partial charge in [0, 0.05) is 25.0 Å². The third-order valence-electron chi connectivity index (χ3n) is 4.03. The molecule has 1 fully saturated rings. The summed E-state index contributed by atoms with van der Waals surface area (Å²) < 4.78 is 0. The third-order valence-corrected chi connectivity index (χ3v) is 4.89. The first-order valence-electron chi connectivity index (χ1n) is 7.71. The molecule has 0 radical (unpaired) electrons. The van der Waals surface area contributed by atoms with E-state index in [-0.39, 0.29) is 29.7 Å². The predicted octanol–water partition coefficient (Wildman–Crippen LogP) is 3.30. The van der Waals surface area contributed by atoms with E-state index in [2.05, 4.69) is 5.32 Å². The molecule has 23 heavy (non-hydrogen) atoms. The molecule has 1 aliphatic heterocycles. The summed E-state index contributed by atoms with van der Waals surface area (Å²) in [5, 5.41) is 3.93. The largest absolute Gasteiger partial charge is 0.355 e. The van der Waals surface area contributed by atoms with Crippen molar-refractivity contribution in [2.45, 2.75) is 39.2 Å². The van der Waals surface area contributed by atoms with Crippen LogP contribution in [0.25, 0.3) is 0 Å². The molecule has 0 unspecified atom stereocenters. The minimum absolute atomic E-state index is 0.0375. The van der Waals surface area contributed by atoms with E-state index in [0.29, 0.717) is 29.6 Å². The maximum Gasteiger partial charge on any atom is 0.225 e. The van der Waals surface area contributed by atoms with E-state index in [1.54, 1.807) is 11.0 Å². The number of nitrogens with zero attached hydrogens (tertiary/aromatic N) is 1. The summed E-state index contributed by atoms with van der Waals surface area (Å²) in [6.07, 6.45) is 0.885. The van der Waals surface area contributed by atoms with Gasteiger partial charge in [-0.25, -0.2) is 0 Å². The highest BCUT2D eigenvalue weighted by Gasteiger charge is 2.39. The van der Waals surface area contributed by atoms with Crippen molar-refractivity contribution in [3.8, 4) is 0 Å². The smallest absolute Gasteiger partial charge is 0.225 e. The minimum atomic E-state index is -0.281. The molecule has 0 bridgehead atoms. The van der Waals surface area contributed by atoms with Crippen molar-refractivity contribution >= 4 is 35.0 Å². The SMILES string of the molecule is CC(C)(C)N1C[C@H](C(=O)NCCc2cccc(Cl)c2Cl)CC1=O. The second-order valence-corrected chi connectivity index (χ2v) is 7.62. The fraction of sp³-hybridized carbons (Fsp3) is 0.529. The number of nitrogens with one attached hydrogen (secondary N) is 1. The van der Waals surface area contributed by atoms with E-state index in [1.165, 1.54) is 0 Å². The molecule has 0 spiro atoms. The summed E-state index contributed by atoms with van der Waals surface area (Å²) in [5.74, 6) is -0.324. The number of halogens is 2. The van der Waals surface area contributed by atoms with Gasteiger partial charge in [0.2, 0.25) is 11.8 Å². The first kappa shape index (κ1) is 18.1. The van der Waals surface area contributed by atoms with Crippen molar-refractivity contribution in [1.82, 2.24) is 10.2 Å². The lowest BCUT2D eigenvalue weighted by Crippen LogP contribution is -2.43. The molecule has 126 valence electrons. The zero-order valence-corrected chi connectivity index (χ0v) is 15.2. The molecule has 1 aliphatic rings. The summed E-state index contributed by atoms with van der Waals surface area (Å²) in [5.41, 5.74) is 0.652. The number of likely N-dealkylation sites (tertiary alicyclic amines) is 1. The van der Waals surface area contributed by atoms with Gasteiger partial charge in [-0.3, -0.25) is 9.59 Å². The molecular formula is C17H22Cl2N2O2. The molecule has 1 atom stereocenters. The van der Waals surface area contributed by atoms with Gasteiger partial charge >= 0.3 is 0 Å². The first-order chi connectivity index (χ1) is 10.7. The van der Waals surface area contributed by atoms with Crippen LogP contribution in [0.2, 0.25) is 10.0 Å². The van der Waals surface area contributed by atoms with E-state index in [0.717, 1.165) is 5.56 Å². The molecular weight excluding hydrogens is 335 g/mol.